The summed E-state index contributed by atoms with van der Waals surface area (Å²) in [6, 6.07) is 0.847. The molecule has 1 fully saturated rings. The molecule has 0 radical (unpaired) electrons. The predicted molar refractivity (Wildman–Crippen MR) is 103 cm³/mol. The van der Waals surface area contributed by atoms with Gasteiger partial charge in [-0.2, -0.15) is 0 Å². The van der Waals surface area contributed by atoms with Crippen molar-refractivity contribution in [2.45, 2.75) is 58.9 Å². The highest BCUT2D eigenvalue weighted by atomic mass is 16.5. The highest BCUT2D eigenvalue weighted by Crippen LogP contribution is 2.06. The Morgan fingerprint density at radius 3 is 2.08 bits per heavy atom. The van der Waals surface area contributed by atoms with Gasteiger partial charge in [0.05, 0.1) is 39.6 Å². The molecule has 0 aromatic heterocycles. The number of hydrogen-bond acceptors (Lipinski definition) is 6. The van der Waals surface area contributed by atoms with E-state index in [-0.39, 0.29) is 6.61 Å². The minimum atomic E-state index is 0.0870. The maximum Gasteiger partial charge on any atom is 0.0701 e. The fourth-order valence-corrected chi connectivity index (χ4v) is 2.02. The zero-order valence-electron chi connectivity index (χ0n) is 17.1. The van der Waals surface area contributed by atoms with Gasteiger partial charge >= 0.3 is 0 Å². The highest BCUT2D eigenvalue weighted by Gasteiger charge is 2.09. The van der Waals surface area contributed by atoms with Gasteiger partial charge in [-0.15, -0.1) is 0 Å². The molecule has 6 nitrogen and oxygen atoms in total. The van der Waals surface area contributed by atoms with Crippen LogP contribution in [-0.4, -0.2) is 77.7 Å². The Morgan fingerprint density at radius 2 is 1.60 bits per heavy atom. The molecule has 1 rings (SSSR count). The molecular weight excluding hydrogens is 322 g/mol. The normalized spacial score (nSPS) is 16.0. The summed E-state index contributed by atoms with van der Waals surface area (Å²) >= 11 is 0. The number of rotatable bonds is 13. The largest absolute Gasteiger partial charge is 0.394 e. The van der Waals surface area contributed by atoms with Crippen molar-refractivity contribution in [1.29, 1.82) is 0 Å². The van der Waals surface area contributed by atoms with E-state index in [1.54, 1.807) is 7.11 Å². The van der Waals surface area contributed by atoms with Crippen LogP contribution in [0.25, 0.3) is 0 Å². The molecule has 0 bridgehead atoms. The van der Waals surface area contributed by atoms with Crippen molar-refractivity contribution < 1.29 is 24.1 Å². The van der Waals surface area contributed by atoms with Crippen LogP contribution in [0.15, 0.2) is 0 Å². The summed E-state index contributed by atoms with van der Waals surface area (Å²) in [5.74, 6) is 0. The topological polar surface area (TPSA) is 69.2 Å². The smallest absolute Gasteiger partial charge is 0.0701 e. The van der Waals surface area contributed by atoms with Crippen molar-refractivity contribution in [3.05, 3.63) is 0 Å². The molecule has 6 heteroatoms. The highest BCUT2D eigenvalue weighted by molar-refractivity contribution is 4.71. The molecule has 0 aliphatic carbocycles. The van der Waals surface area contributed by atoms with Gasteiger partial charge in [0.2, 0.25) is 0 Å². The number of aliphatic hydroxyl groups excluding tert-OH is 1. The lowest BCUT2D eigenvalue weighted by molar-refractivity contribution is 0.0500. The SMILES string of the molecule is CCC1CCCN1.CCCCOCCOCC.COCCOCCO. The summed E-state index contributed by atoms with van der Waals surface area (Å²) in [5.41, 5.74) is 0. The van der Waals surface area contributed by atoms with Crippen LogP contribution >= 0.6 is 0 Å². The molecule has 154 valence electrons. The van der Waals surface area contributed by atoms with E-state index in [0.29, 0.717) is 19.8 Å². The number of aliphatic hydroxyl groups is 1. The van der Waals surface area contributed by atoms with E-state index in [0.717, 1.165) is 38.9 Å². The van der Waals surface area contributed by atoms with Gasteiger partial charge in [-0.25, -0.2) is 0 Å². The average Bonchev–Trinajstić information content (AvgIpc) is 3.17. The zero-order chi connectivity index (χ0) is 19.0. The Balaban J connectivity index is 0. The third-order valence-electron chi connectivity index (χ3n) is 3.54. The summed E-state index contributed by atoms with van der Waals surface area (Å²) in [7, 11) is 1.61. The Labute approximate surface area is 155 Å². The second kappa shape index (κ2) is 26.0. The second-order valence-corrected chi connectivity index (χ2v) is 5.69. The Kier molecular flexibility index (Phi) is 28.1. The van der Waals surface area contributed by atoms with Crippen molar-refractivity contribution >= 4 is 0 Å². The van der Waals surface area contributed by atoms with Gasteiger partial charge in [-0.3, -0.25) is 0 Å². The monoisotopic (exact) mass is 365 g/mol. The van der Waals surface area contributed by atoms with Crippen molar-refractivity contribution in [3.8, 4) is 0 Å². The summed E-state index contributed by atoms with van der Waals surface area (Å²) in [6.07, 6.45) is 6.45. The van der Waals surface area contributed by atoms with Crippen molar-refractivity contribution in [2.75, 3.05) is 66.5 Å². The van der Waals surface area contributed by atoms with Gasteiger partial charge in [0.25, 0.3) is 0 Å². The van der Waals surface area contributed by atoms with E-state index < -0.39 is 0 Å². The van der Waals surface area contributed by atoms with Gasteiger partial charge in [0.1, 0.15) is 0 Å². The minimum Gasteiger partial charge on any atom is -0.394 e. The van der Waals surface area contributed by atoms with E-state index >= 15 is 0 Å². The molecule has 1 saturated heterocycles. The van der Waals surface area contributed by atoms with Crippen LogP contribution in [0.1, 0.15) is 52.9 Å². The predicted octanol–water partition coefficient (Wildman–Crippen LogP) is 2.63. The molecule has 0 aromatic carbocycles. The second-order valence-electron chi connectivity index (χ2n) is 5.69. The first kappa shape index (κ1) is 27.0. The zero-order valence-corrected chi connectivity index (χ0v) is 17.1. The van der Waals surface area contributed by atoms with Gasteiger partial charge in [-0.1, -0.05) is 20.3 Å². The first-order chi connectivity index (χ1) is 12.3. The number of nitrogens with one attached hydrogen (secondary N) is 1. The summed E-state index contributed by atoms with van der Waals surface area (Å²) in [6.45, 7) is 12.4. The number of ether oxygens (including phenoxy) is 4. The third kappa shape index (κ3) is 26.1. The average molecular weight is 366 g/mol. The Bertz CT molecular complexity index is 200. The van der Waals surface area contributed by atoms with E-state index in [9.17, 15) is 0 Å². The van der Waals surface area contributed by atoms with E-state index in [4.69, 9.17) is 19.3 Å². The first-order valence-electron chi connectivity index (χ1n) is 9.83. The molecule has 2 N–H and O–H groups in total. The standard InChI is InChI=1S/C8H18O2.C6H13N.C5H12O3/c1-3-5-6-10-8-7-9-4-2;1-2-6-4-3-5-7-6;1-7-4-5-8-3-2-6/h3-8H2,1-2H3;6-7H,2-5H2,1H3;6H,2-5H2,1H3. The molecule has 0 amide bonds. The van der Waals surface area contributed by atoms with Gasteiger partial charge in [-0.05, 0) is 39.2 Å². The van der Waals surface area contributed by atoms with E-state index in [1.165, 1.54) is 32.2 Å². The Hall–Kier alpha value is -0.240. The van der Waals surface area contributed by atoms with E-state index in [1.807, 2.05) is 6.92 Å². The van der Waals surface area contributed by atoms with Crippen LogP contribution in [0.2, 0.25) is 0 Å². The maximum atomic E-state index is 8.20. The van der Waals surface area contributed by atoms with E-state index in [2.05, 4.69) is 23.9 Å². The summed E-state index contributed by atoms with van der Waals surface area (Å²) < 4.78 is 19.9. The molecule has 0 saturated carbocycles. The summed E-state index contributed by atoms with van der Waals surface area (Å²) in [4.78, 5) is 0. The Morgan fingerprint density at radius 1 is 0.920 bits per heavy atom. The quantitative estimate of drug-likeness (QED) is 0.489. The van der Waals surface area contributed by atoms with Crippen LogP contribution in [-0.2, 0) is 18.9 Å². The van der Waals surface area contributed by atoms with Gasteiger partial charge in [0.15, 0.2) is 0 Å². The van der Waals surface area contributed by atoms with Crippen LogP contribution in [0.5, 0.6) is 0 Å². The van der Waals surface area contributed by atoms with Crippen LogP contribution in [0, 0.1) is 0 Å². The van der Waals surface area contributed by atoms with Crippen molar-refractivity contribution in [3.63, 3.8) is 0 Å². The molecular formula is C19H43NO5. The lowest BCUT2D eigenvalue weighted by atomic mass is 10.2. The van der Waals surface area contributed by atoms with Crippen LogP contribution in [0.3, 0.4) is 0 Å². The molecule has 1 aliphatic heterocycles. The fourth-order valence-electron chi connectivity index (χ4n) is 2.02. The maximum absolute atomic E-state index is 8.20. The van der Waals surface area contributed by atoms with Crippen LogP contribution < -0.4 is 5.32 Å². The fraction of sp³-hybridized carbons (Fsp3) is 1.00. The number of hydrogen-bond donors (Lipinski definition) is 2. The first-order valence-corrected chi connectivity index (χ1v) is 9.83. The molecule has 0 aromatic rings. The number of methoxy groups -OCH3 is 1. The number of unbranched alkanes of at least 4 members (excludes halogenated alkanes) is 1. The lowest BCUT2D eigenvalue weighted by Crippen LogP contribution is -2.19. The van der Waals surface area contributed by atoms with Crippen molar-refractivity contribution in [2.24, 2.45) is 0 Å². The molecule has 1 aliphatic rings. The molecule has 1 heterocycles. The third-order valence-corrected chi connectivity index (χ3v) is 3.54. The molecule has 1 atom stereocenters. The lowest BCUT2D eigenvalue weighted by Gasteiger charge is -2.02. The van der Waals surface area contributed by atoms with Crippen molar-refractivity contribution in [1.82, 2.24) is 5.32 Å². The molecule has 25 heavy (non-hydrogen) atoms. The summed E-state index contributed by atoms with van der Waals surface area (Å²) in [5, 5.41) is 11.6. The minimum absolute atomic E-state index is 0.0870. The van der Waals surface area contributed by atoms with Crippen LogP contribution in [0.4, 0.5) is 0 Å². The van der Waals surface area contributed by atoms with Gasteiger partial charge < -0.3 is 29.4 Å². The van der Waals surface area contributed by atoms with Gasteiger partial charge in [0, 0.05) is 26.4 Å². The molecule has 0 spiro atoms. The molecule has 1 unspecified atom stereocenters.